The van der Waals surface area contributed by atoms with Gasteiger partial charge in [0.25, 0.3) is 0 Å². The van der Waals surface area contributed by atoms with Crippen LogP contribution in [0.4, 0.5) is 0 Å². The van der Waals surface area contributed by atoms with Gasteiger partial charge >= 0.3 is 0 Å². The first-order valence-electron chi connectivity index (χ1n) is 12.4. The van der Waals surface area contributed by atoms with Crippen LogP contribution in [0.3, 0.4) is 0 Å². The van der Waals surface area contributed by atoms with Gasteiger partial charge in [0.05, 0.1) is 0 Å². The molecule has 0 radical (unpaired) electrons. The molecule has 0 aliphatic carbocycles. The Labute approximate surface area is 208 Å². The first kappa shape index (κ1) is 19.6. The summed E-state index contributed by atoms with van der Waals surface area (Å²) in [6.45, 7) is 8.97. The number of rotatable bonds is 1. The fraction of sp³-hybridized carbons (Fsp3) is 0. The molecule has 0 bridgehead atoms. The summed E-state index contributed by atoms with van der Waals surface area (Å²) in [6, 6.07) is 39.8. The van der Waals surface area contributed by atoms with Crippen molar-refractivity contribution in [3.63, 3.8) is 0 Å². The molecule has 0 spiro atoms. The van der Waals surface area contributed by atoms with E-state index in [-0.39, 0.29) is 0 Å². The summed E-state index contributed by atoms with van der Waals surface area (Å²) in [5.74, 6) is 0. The molecule has 0 fully saturated rings. The van der Waals surface area contributed by atoms with Gasteiger partial charge in [0.2, 0.25) is 0 Å². The summed E-state index contributed by atoms with van der Waals surface area (Å²) >= 11 is 0. The second-order valence-corrected chi connectivity index (χ2v) is 9.86. The highest BCUT2D eigenvalue weighted by Crippen LogP contribution is 2.38. The molecule has 0 unspecified atom stereocenters. The van der Waals surface area contributed by atoms with Gasteiger partial charge in [-0.15, -0.1) is 0 Å². The van der Waals surface area contributed by atoms with Crippen LogP contribution in [-0.2, 0) is 0 Å². The molecular formula is C36H22. The zero-order valence-corrected chi connectivity index (χ0v) is 19.8. The first-order chi connectivity index (χ1) is 17.7. The van der Waals surface area contributed by atoms with Crippen molar-refractivity contribution >= 4 is 77.8 Å². The Morgan fingerprint density at radius 3 is 1.72 bits per heavy atom. The molecule has 0 N–H and O–H groups in total. The number of fused-ring (bicyclic) bond motifs is 4. The lowest BCUT2D eigenvalue weighted by Crippen LogP contribution is -2.04. The van der Waals surface area contributed by atoms with Crippen LogP contribution in [0.15, 0.2) is 109 Å². The molecule has 0 amide bonds. The van der Waals surface area contributed by atoms with E-state index in [0.29, 0.717) is 0 Å². The Hall–Kier alpha value is -4.68. The molecule has 0 heterocycles. The minimum atomic E-state index is 1.10. The minimum absolute atomic E-state index is 1.10. The molecule has 0 saturated heterocycles. The van der Waals surface area contributed by atoms with Gasteiger partial charge in [-0.1, -0.05) is 116 Å². The standard InChI is InChI=1S/C36H22/c1-21-25-10-3-4-11-30(25)32-15-7-14-31-29(19-18-28(21)36(31)32)24-16-17-26-22(2)27-12-5-8-23-9-6-13-33(35(23)27)34(26)20-24/h3-20H,1-2H2. The maximum Gasteiger partial charge on any atom is -0.00204 e. The van der Waals surface area contributed by atoms with Crippen LogP contribution in [-0.4, -0.2) is 0 Å². The average molecular weight is 455 g/mol. The average Bonchev–Trinajstić information content (AvgIpc) is 2.94. The predicted molar refractivity (Wildman–Crippen MR) is 158 cm³/mol. The van der Waals surface area contributed by atoms with Crippen molar-refractivity contribution in [2.75, 3.05) is 0 Å². The van der Waals surface area contributed by atoms with Gasteiger partial charge in [-0.05, 0) is 92.3 Å². The molecule has 166 valence electrons. The fourth-order valence-electron chi connectivity index (χ4n) is 6.42. The van der Waals surface area contributed by atoms with E-state index in [2.05, 4.69) is 122 Å². The monoisotopic (exact) mass is 454 g/mol. The van der Waals surface area contributed by atoms with Crippen LogP contribution in [0.5, 0.6) is 0 Å². The second kappa shape index (κ2) is 6.93. The van der Waals surface area contributed by atoms with Crippen LogP contribution in [0.25, 0.3) is 88.9 Å². The van der Waals surface area contributed by atoms with E-state index in [1.54, 1.807) is 0 Å². The fourth-order valence-corrected chi connectivity index (χ4v) is 6.42. The molecule has 36 heavy (non-hydrogen) atoms. The Balaban J connectivity index is 1.51. The molecule has 8 rings (SSSR count). The molecule has 0 aromatic heterocycles. The SMILES string of the molecule is C=c1c2ccc(-c3ccc4c(=C)c5ccccc5c5cccc3c45)cc2c2cccc3cccc1c32. The summed E-state index contributed by atoms with van der Waals surface area (Å²) in [4.78, 5) is 0. The van der Waals surface area contributed by atoms with Crippen LogP contribution < -0.4 is 10.4 Å². The van der Waals surface area contributed by atoms with E-state index in [1.807, 2.05) is 0 Å². The summed E-state index contributed by atoms with van der Waals surface area (Å²) in [7, 11) is 0. The van der Waals surface area contributed by atoms with Gasteiger partial charge < -0.3 is 0 Å². The van der Waals surface area contributed by atoms with Gasteiger partial charge in [-0.25, -0.2) is 0 Å². The molecule has 0 aliphatic heterocycles. The van der Waals surface area contributed by atoms with Gasteiger partial charge in [-0.2, -0.15) is 0 Å². The Bertz CT molecular complexity index is 2280. The third-order valence-electron chi connectivity index (χ3n) is 8.08. The Morgan fingerprint density at radius 1 is 0.361 bits per heavy atom. The van der Waals surface area contributed by atoms with Crippen molar-refractivity contribution in [1.82, 2.24) is 0 Å². The van der Waals surface area contributed by atoms with Crippen molar-refractivity contribution < 1.29 is 0 Å². The van der Waals surface area contributed by atoms with E-state index in [1.165, 1.54) is 75.8 Å². The molecule has 0 saturated carbocycles. The lowest BCUT2D eigenvalue weighted by molar-refractivity contribution is 1.69. The molecule has 0 aliphatic rings. The van der Waals surface area contributed by atoms with Crippen molar-refractivity contribution in [3.8, 4) is 11.1 Å². The highest BCUT2D eigenvalue weighted by molar-refractivity contribution is 6.25. The highest BCUT2D eigenvalue weighted by atomic mass is 14.2. The zero-order chi connectivity index (χ0) is 24.0. The lowest BCUT2D eigenvalue weighted by Gasteiger charge is -2.16. The lowest BCUT2D eigenvalue weighted by atomic mass is 9.88. The number of hydrogen-bond acceptors (Lipinski definition) is 0. The number of benzene rings is 8. The Kier molecular flexibility index (Phi) is 3.78. The topological polar surface area (TPSA) is 0 Å². The third-order valence-corrected chi connectivity index (χ3v) is 8.08. The number of hydrogen-bond donors (Lipinski definition) is 0. The van der Waals surface area contributed by atoms with E-state index < -0.39 is 0 Å². The van der Waals surface area contributed by atoms with Crippen molar-refractivity contribution in [2.24, 2.45) is 0 Å². The maximum absolute atomic E-state index is 4.49. The maximum atomic E-state index is 4.49. The molecular weight excluding hydrogens is 432 g/mol. The van der Waals surface area contributed by atoms with Gasteiger partial charge in [0.15, 0.2) is 0 Å². The van der Waals surface area contributed by atoms with Crippen LogP contribution >= 0.6 is 0 Å². The molecule has 0 nitrogen and oxygen atoms in total. The van der Waals surface area contributed by atoms with Crippen molar-refractivity contribution in [2.45, 2.75) is 0 Å². The van der Waals surface area contributed by atoms with E-state index in [4.69, 9.17) is 0 Å². The van der Waals surface area contributed by atoms with Crippen LogP contribution in [0, 0.1) is 0 Å². The molecule has 0 heteroatoms. The van der Waals surface area contributed by atoms with E-state index in [0.717, 1.165) is 10.4 Å². The molecule has 8 aromatic rings. The highest BCUT2D eigenvalue weighted by Gasteiger charge is 2.14. The summed E-state index contributed by atoms with van der Waals surface area (Å²) in [5.41, 5.74) is 2.48. The molecule has 0 atom stereocenters. The summed E-state index contributed by atoms with van der Waals surface area (Å²) in [5, 5.41) is 17.4. The van der Waals surface area contributed by atoms with Gasteiger partial charge in [0, 0.05) is 0 Å². The molecule has 8 aromatic carbocycles. The van der Waals surface area contributed by atoms with E-state index >= 15 is 0 Å². The predicted octanol–water partition coefficient (Wildman–Crippen LogP) is 8.53. The van der Waals surface area contributed by atoms with E-state index in [9.17, 15) is 0 Å². The summed E-state index contributed by atoms with van der Waals surface area (Å²) in [6.07, 6.45) is 0. The largest absolute Gasteiger partial charge is 0.0905 e. The second-order valence-electron chi connectivity index (χ2n) is 9.86. The Morgan fingerprint density at radius 2 is 0.917 bits per heavy atom. The van der Waals surface area contributed by atoms with Crippen LogP contribution in [0.2, 0.25) is 0 Å². The quantitative estimate of drug-likeness (QED) is 0.172. The minimum Gasteiger partial charge on any atom is -0.0905 e. The van der Waals surface area contributed by atoms with Crippen molar-refractivity contribution in [1.29, 1.82) is 0 Å². The normalized spacial score (nSPS) is 12.1. The third kappa shape index (κ3) is 2.43. The van der Waals surface area contributed by atoms with Gasteiger partial charge in [0.1, 0.15) is 0 Å². The zero-order valence-electron chi connectivity index (χ0n) is 19.8. The smallest absolute Gasteiger partial charge is 0.00204 e. The first-order valence-corrected chi connectivity index (χ1v) is 12.4. The summed E-state index contributed by atoms with van der Waals surface area (Å²) < 4.78 is 0. The van der Waals surface area contributed by atoms with Crippen molar-refractivity contribution in [3.05, 3.63) is 120 Å². The van der Waals surface area contributed by atoms with Gasteiger partial charge in [-0.3, -0.25) is 0 Å². The van der Waals surface area contributed by atoms with Crippen LogP contribution in [0.1, 0.15) is 0 Å².